The number of rotatable bonds is 8. The summed E-state index contributed by atoms with van der Waals surface area (Å²) >= 11 is 5.83. The third-order valence-electron chi connectivity index (χ3n) is 3.88. The van der Waals surface area contributed by atoms with Crippen LogP contribution in [-0.2, 0) is 16.0 Å². The molecule has 0 aromatic heterocycles. The average Bonchev–Trinajstić information content (AvgIpc) is 2.64. The van der Waals surface area contributed by atoms with Gasteiger partial charge in [-0.05, 0) is 69.2 Å². The van der Waals surface area contributed by atoms with Crippen LogP contribution in [0.25, 0.3) is 0 Å². The summed E-state index contributed by atoms with van der Waals surface area (Å²) in [6.07, 6.45) is 0.875. The lowest BCUT2D eigenvalue weighted by atomic mass is 10.1. The molecule has 0 atom stereocenters. The Morgan fingerprint density at radius 3 is 2.41 bits per heavy atom. The number of benzene rings is 2. The van der Waals surface area contributed by atoms with Gasteiger partial charge in [0.2, 0.25) is 0 Å². The van der Waals surface area contributed by atoms with E-state index in [1.54, 1.807) is 57.2 Å². The van der Waals surface area contributed by atoms with Crippen LogP contribution >= 0.6 is 11.6 Å². The molecule has 29 heavy (non-hydrogen) atoms. The number of hydrogen-bond donors (Lipinski definition) is 0. The molecule has 0 fully saturated rings. The van der Waals surface area contributed by atoms with Crippen LogP contribution in [0.4, 0.5) is 9.18 Å². The van der Waals surface area contributed by atoms with E-state index in [1.165, 1.54) is 11.0 Å². The van der Waals surface area contributed by atoms with E-state index >= 15 is 0 Å². The van der Waals surface area contributed by atoms with Gasteiger partial charge in [0.25, 0.3) is 0 Å². The average molecular weight is 422 g/mol. The highest BCUT2D eigenvalue weighted by atomic mass is 35.5. The highest BCUT2D eigenvalue weighted by Gasteiger charge is 2.21. The number of hydrogen-bond acceptors (Lipinski definition) is 4. The van der Waals surface area contributed by atoms with Crippen molar-refractivity contribution < 1.29 is 23.5 Å². The Morgan fingerprint density at radius 1 is 1.14 bits per heavy atom. The standard InChI is InChI=1S/C22H25ClFNO4/c1-22(2,3)29-21(27)25(12-4-14-26)13-11-16-5-10-20(19(24)15-16)28-18-8-6-17(23)7-9-18/h5-10,14-15H,4,11-13H2,1-3H3. The third kappa shape index (κ3) is 7.74. The van der Waals surface area contributed by atoms with Crippen molar-refractivity contribution in [1.29, 1.82) is 0 Å². The minimum absolute atomic E-state index is 0.0982. The van der Waals surface area contributed by atoms with Crippen molar-refractivity contribution >= 4 is 24.0 Å². The van der Waals surface area contributed by atoms with Gasteiger partial charge < -0.3 is 19.2 Å². The molecule has 0 spiro atoms. The third-order valence-corrected chi connectivity index (χ3v) is 4.13. The van der Waals surface area contributed by atoms with Crippen molar-refractivity contribution in [3.05, 3.63) is 58.9 Å². The summed E-state index contributed by atoms with van der Waals surface area (Å²) in [7, 11) is 0. The van der Waals surface area contributed by atoms with Crippen molar-refractivity contribution in [2.45, 2.75) is 39.2 Å². The normalized spacial score (nSPS) is 11.1. The number of ether oxygens (including phenoxy) is 2. The van der Waals surface area contributed by atoms with Gasteiger partial charge >= 0.3 is 6.09 Å². The number of aldehydes is 1. The topological polar surface area (TPSA) is 55.8 Å². The van der Waals surface area contributed by atoms with Gasteiger partial charge in [0.1, 0.15) is 17.6 Å². The monoisotopic (exact) mass is 421 g/mol. The minimum Gasteiger partial charge on any atom is -0.454 e. The van der Waals surface area contributed by atoms with E-state index in [1.807, 2.05) is 0 Å². The molecule has 0 aliphatic heterocycles. The number of carbonyl (C=O) groups excluding carboxylic acids is 2. The lowest BCUT2D eigenvalue weighted by Gasteiger charge is -2.27. The Morgan fingerprint density at radius 2 is 1.83 bits per heavy atom. The molecular formula is C22H25ClFNO4. The maximum absolute atomic E-state index is 14.4. The molecule has 0 saturated heterocycles. The van der Waals surface area contributed by atoms with Gasteiger partial charge in [0.05, 0.1) is 0 Å². The molecule has 0 unspecified atom stereocenters. The molecule has 156 valence electrons. The van der Waals surface area contributed by atoms with Crippen LogP contribution in [0.1, 0.15) is 32.8 Å². The molecule has 0 bridgehead atoms. The summed E-state index contributed by atoms with van der Waals surface area (Å²) in [6.45, 7) is 5.88. The van der Waals surface area contributed by atoms with Gasteiger partial charge in [-0.3, -0.25) is 0 Å². The first-order valence-electron chi connectivity index (χ1n) is 9.31. The molecule has 0 saturated carbocycles. The van der Waals surface area contributed by atoms with Crippen LogP contribution in [0.3, 0.4) is 0 Å². The molecule has 0 heterocycles. The lowest BCUT2D eigenvalue weighted by Crippen LogP contribution is -2.38. The zero-order chi connectivity index (χ0) is 21.4. The number of nitrogens with zero attached hydrogens (tertiary/aromatic N) is 1. The number of amides is 1. The first-order valence-corrected chi connectivity index (χ1v) is 9.69. The fraction of sp³-hybridized carbons (Fsp3) is 0.364. The SMILES string of the molecule is CC(C)(C)OC(=O)N(CCC=O)CCc1ccc(Oc2ccc(Cl)cc2)c(F)c1. The Balaban J connectivity index is 2.01. The molecule has 0 aliphatic rings. The van der Waals surface area contributed by atoms with Gasteiger partial charge in [0, 0.05) is 24.5 Å². The summed E-state index contributed by atoms with van der Waals surface area (Å²) in [5.74, 6) is 0.0706. The van der Waals surface area contributed by atoms with E-state index in [4.69, 9.17) is 21.1 Å². The van der Waals surface area contributed by atoms with E-state index in [9.17, 15) is 14.0 Å². The van der Waals surface area contributed by atoms with Gasteiger partial charge in [-0.1, -0.05) is 17.7 Å². The Bertz CT molecular complexity index is 834. The van der Waals surface area contributed by atoms with Crippen LogP contribution in [0.15, 0.2) is 42.5 Å². The van der Waals surface area contributed by atoms with E-state index in [2.05, 4.69) is 0 Å². The lowest BCUT2D eigenvalue weighted by molar-refractivity contribution is -0.108. The highest BCUT2D eigenvalue weighted by Crippen LogP contribution is 2.26. The summed E-state index contributed by atoms with van der Waals surface area (Å²) in [6, 6.07) is 11.3. The molecule has 2 aromatic carbocycles. The molecule has 0 radical (unpaired) electrons. The molecule has 2 aromatic rings. The number of halogens is 2. The molecule has 1 amide bonds. The van der Waals surface area contributed by atoms with E-state index in [0.717, 1.165) is 6.29 Å². The van der Waals surface area contributed by atoms with Gasteiger partial charge in [-0.2, -0.15) is 0 Å². The second-order valence-corrected chi connectivity index (χ2v) is 7.93. The predicted molar refractivity (Wildman–Crippen MR) is 110 cm³/mol. The van der Waals surface area contributed by atoms with E-state index in [-0.39, 0.29) is 18.7 Å². The van der Waals surface area contributed by atoms with Crippen LogP contribution in [0.5, 0.6) is 11.5 Å². The minimum atomic E-state index is -0.636. The fourth-order valence-corrected chi connectivity index (χ4v) is 2.63. The Kier molecular flexibility index (Phi) is 8.02. The molecule has 0 aliphatic carbocycles. The molecule has 5 nitrogen and oxygen atoms in total. The van der Waals surface area contributed by atoms with Gasteiger partial charge in [-0.15, -0.1) is 0 Å². The smallest absolute Gasteiger partial charge is 0.410 e. The second kappa shape index (κ2) is 10.3. The quantitative estimate of drug-likeness (QED) is 0.517. The molecular weight excluding hydrogens is 397 g/mol. The van der Waals surface area contributed by atoms with Crippen LogP contribution in [-0.4, -0.2) is 36.0 Å². The van der Waals surface area contributed by atoms with Crippen LogP contribution in [0.2, 0.25) is 5.02 Å². The van der Waals surface area contributed by atoms with Crippen molar-refractivity contribution in [2.24, 2.45) is 0 Å². The van der Waals surface area contributed by atoms with Crippen molar-refractivity contribution in [3.63, 3.8) is 0 Å². The maximum Gasteiger partial charge on any atom is 0.410 e. The van der Waals surface area contributed by atoms with Crippen molar-refractivity contribution in [2.75, 3.05) is 13.1 Å². The number of carbonyl (C=O) groups is 2. The Labute approximate surface area is 175 Å². The van der Waals surface area contributed by atoms with Gasteiger partial charge in [-0.25, -0.2) is 9.18 Å². The summed E-state index contributed by atoms with van der Waals surface area (Å²) < 4.78 is 25.3. The Hall–Kier alpha value is -2.60. The van der Waals surface area contributed by atoms with E-state index < -0.39 is 17.5 Å². The summed E-state index contributed by atoms with van der Waals surface area (Å²) in [4.78, 5) is 24.5. The maximum atomic E-state index is 14.4. The first-order chi connectivity index (χ1) is 13.7. The first kappa shape index (κ1) is 22.7. The largest absolute Gasteiger partial charge is 0.454 e. The zero-order valence-electron chi connectivity index (χ0n) is 16.8. The van der Waals surface area contributed by atoms with Crippen molar-refractivity contribution in [1.82, 2.24) is 4.90 Å². The van der Waals surface area contributed by atoms with Crippen molar-refractivity contribution in [3.8, 4) is 11.5 Å². The van der Waals surface area contributed by atoms with E-state index in [0.29, 0.717) is 29.3 Å². The van der Waals surface area contributed by atoms with Crippen LogP contribution in [0, 0.1) is 5.82 Å². The van der Waals surface area contributed by atoms with Crippen LogP contribution < -0.4 is 4.74 Å². The summed E-state index contributed by atoms with van der Waals surface area (Å²) in [5, 5.41) is 0.567. The molecule has 2 rings (SSSR count). The second-order valence-electron chi connectivity index (χ2n) is 7.49. The van der Waals surface area contributed by atoms with Gasteiger partial charge in [0.15, 0.2) is 11.6 Å². The molecule has 0 N–H and O–H groups in total. The summed E-state index contributed by atoms with van der Waals surface area (Å²) in [5.41, 5.74) is 0.0640. The fourth-order valence-electron chi connectivity index (χ4n) is 2.51. The molecule has 7 heteroatoms. The zero-order valence-corrected chi connectivity index (χ0v) is 17.5. The predicted octanol–water partition coefficient (Wildman–Crippen LogP) is 5.64. The highest BCUT2D eigenvalue weighted by molar-refractivity contribution is 6.30.